The number of nitrogens with zero attached hydrogens (tertiary/aromatic N) is 3. The van der Waals surface area contributed by atoms with E-state index in [4.69, 9.17) is 0 Å². The van der Waals surface area contributed by atoms with Gasteiger partial charge in [0.2, 0.25) is 0 Å². The summed E-state index contributed by atoms with van der Waals surface area (Å²) in [6.45, 7) is 7.45. The first-order valence-electron chi connectivity index (χ1n) is 7.14. The predicted octanol–water partition coefficient (Wildman–Crippen LogP) is 2.97. The molecule has 1 aliphatic heterocycles. The molecule has 21 heavy (non-hydrogen) atoms. The average molecular weight is 354 g/mol. The van der Waals surface area contributed by atoms with Gasteiger partial charge in [0.1, 0.15) is 0 Å². The van der Waals surface area contributed by atoms with Crippen LogP contribution in [0.15, 0.2) is 36.7 Å². The van der Waals surface area contributed by atoms with E-state index in [1.54, 1.807) is 0 Å². The van der Waals surface area contributed by atoms with Gasteiger partial charge in [0.05, 0.1) is 13.2 Å². The van der Waals surface area contributed by atoms with Crippen molar-refractivity contribution in [2.45, 2.75) is 13.8 Å². The van der Waals surface area contributed by atoms with E-state index in [1.165, 1.54) is 5.69 Å². The molecule has 1 aromatic rings. The molecular weight excluding hydrogens is 330 g/mol. The van der Waals surface area contributed by atoms with Crippen molar-refractivity contribution in [3.63, 3.8) is 0 Å². The lowest BCUT2D eigenvalue weighted by Crippen LogP contribution is -2.28. The molecule has 0 unspecified atom stereocenters. The van der Waals surface area contributed by atoms with Crippen LogP contribution >= 0.6 is 17.0 Å². The molecule has 0 amide bonds. The second-order valence-electron chi connectivity index (χ2n) is 5.09. The van der Waals surface area contributed by atoms with Crippen LogP contribution in [0.1, 0.15) is 24.2 Å². The van der Waals surface area contributed by atoms with Gasteiger partial charge in [-0.2, -0.15) is 0 Å². The molecule has 1 heterocycles. The van der Waals surface area contributed by atoms with Gasteiger partial charge in [0, 0.05) is 43.8 Å². The molecule has 0 bridgehead atoms. The molecule has 4 nitrogen and oxygen atoms in total. The summed E-state index contributed by atoms with van der Waals surface area (Å²) in [7, 11) is 2.00. The van der Waals surface area contributed by atoms with E-state index in [2.05, 4.69) is 23.6 Å². The Labute approximate surface area is 137 Å². The van der Waals surface area contributed by atoms with Crippen molar-refractivity contribution in [2.24, 2.45) is 0 Å². The van der Waals surface area contributed by atoms with E-state index in [1.807, 2.05) is 48.6 Å². The standard InChI is InChI=1S/C16H23N3O.BrH/c1-4-19(5-2)15-8-6-14(7-9-15)16(20)12-18-11-10-17(3)13-18;/h6-11H,4-5,12-13H2,1-3H3;1H. The van der Waals surface area contributed by atoms with Gasteiger partial charge in [-0.15, -0.1) is 17.0 Å². The summed E-state index contributed by atoms with van der Waals surface area (Å²) in [5, 5.41) is 0. The normalized spacial score (nSPS) is 13.3. The lowest BCUT2D eigenvalue weighted by molar-refractivity contribution is 0.0948. The first-order chi connectivity index (χ1) is 9.63. The van der Waals surface area contributed by atoms with Crippen LogP contribution in [0.2, 0.25) is 0 Å². The van der Waals surface area contributed by atoms with E-state index in [0.29, 0.717) is 6.54 Å². The summed E-state index contributed by atoms with van der Waals surface area (Å²) >= 11 is 0. The monoisotopic (exact) mass is 353 g/mol. The van der Waals surface area contributed by atoms with Crippen LogP contribution in [0.25, 0.3) is 0 Å². The second-order valence-corrected chi connectivity index (χ2v) is 5.09. The molecule has 0 saturated heterocycles. The van der Waals surface area contributed by atoms with Crippen LogP contribution in [-0.2, 0) is 0 Å². The number of ketones is 1. The van der Waals surface area contributed by atoms with Gasteiger partial charge < -0.3 is 14.7 Å². The third-order valence-corrected chi connectivity index (χ3v) is 3.60. The Kier molecular flexibility index (Phi) is 6.75. The molecule has 0 aromatic heterocycles. The number of carbonyl (C=O) groups excluding carboxylic acids is 1. The minimum atomic E-state index is 0. The molecule has 0 N–H and O–H groups in total. The third-order valence-electron chi connectivity index (χ3n) is 3.60. The molecular formula is C16H24BrN3O. The van der Waals surface area contributed by atoms with Gasteiger partial charge >= 0.3 is 0 Å². The highest BCUT2D eigenvalue weighted by Gasteiger charge is 2.14. The SMILES string of the molecule is Br.CCN(CC)c1ccc(C(=O)CN2C=CN(C)C2)cc1. The molecule has 5 heteroatoms. The predicted molar refractivity (Wildman–Crippen MR) is 93.1 cm³/mol. The number of hydrogen-bond donors (Lipinski definition) is 0. The van der Waals surface area contributed by atoms with Crippen molar-refractivity contribution >= 4 is 28.5 Å². The first-order valence-corrected chi connectivity index (χ1v) is 7.14. The summed E-state index contributed by atoms with van der Waals surface area (Å²) in [6.07, 6.45) is 3.94. The maximum Gasteiger partial charge on any atom is 0.182 e. The van der Waals surface area contributed by atoms with Crippen LogP contribution < -0.4 is 4.90 Å². The maximum atomic E-state index is 12.2. The minimum absolute atomic E-state index is 0. The molecule has 1 aliphatic rings. The van der Waals surface area contributed by atoms with Gasteiger partial charge in [0.15, 0.2) is 5.78 Å². The van der Waals surface area contributed by atoms with Crippen molar-refractivity contribution < 1.29 is 4.79 Å². The molecule has 0 radical (unpaired) electrons. The fourth-order valence-corrected chi connectivity index (χ4v) is 2.41. The summed E-state index contributed by atoms with van der Waals surface area (Å²) in [5.41, 5.74) is 1.95. The summed E-state index contributed by atoms with van der Waals surface area (Å²) in [6, 6.07) is 7.93. The Morgan fingerprint density at radius 2 is 1.76 bits per heavy atom. The van der Waals surface area contributed by atoms with Crippen molar-refractivity contribution in [3.8, 4) is 0 Å². The molecule has 1 aromatic carbocycles. The van der Waals surface area contributed by atoms with E-state index < -0.39 is 0 Å². The van der Waals surface area contributed by atoms with Gasteiger partial charge in [-0.3, -0.25) is 4.79 Å². The molecule has 0 saturated carbocycles. The Morgan fingerprint density at radius 1 is 1.14 bits per heavy atom. The summed E-state index contributed by atoms with van der Waals surface area (Å²) < 4.78 is 0. The van der Waals surface area contributed by atoms with Crippen molar-refractivity contribution in [1.82, 2.24) is 9.80 Å². The average Bonchev–Trinajstić information content (AvgIpc) is 2.86. The van der Waals surface area contributed by atoms with Gasteiger partial charge in [0.25, 0.3) is 0 Å². The van der Waals surface area contributed by atoms with Gasteiger partial charge in [-0.1, -0.05) is 0 Å². The topological polar surface area (TPSA) is 26.8 Å². The lowest BCUT2D eigenvalue weighted by atomic mass is 10.1. The van der Waals surface area contributed by atoms with Crippen LogP contribution in [-0.4, -0.2) is 48.9 Å². The maximum absolute atomic E-state index is 12.2. The number of halogens is 1. The van der Waals surface area contributed by atoms with E-state index in [0.717, 1.165) is 25.3 Å². The number of anilines is 1. The van der Waals surface area contributed by atoms with E-state index >= 15 is 0 Å². The van der Waals surface area contributed by atoms with E-state index in [-0.39, 0.29) is 22.8 Å². The fraction of sp³-hybridized carbons (Fsp3) is 0.438. The van der Waals surface area contributed by atoms with Gasteiger partial charge in [-0.25, -0.2) is 0 Å². The first kappa shape index (κ1) is 17.6. The largest absolute Gasteiger partial charge is 0.372 e. The quantitative estimate of drug-likeness (QED) is 0.734. The number of hydrogen-bond acceptors (Lipinski definition) is 4. The molecule has 0 fully saturated rings. The van der Waals surface area contributed by atoms with Crippen molar-refractivity contribution in [3.05, 3.63) is 42.2 Å². The zero-order valence-electron chi connectivity index (χ0n) is 13.0. The van der Waals surface area contributed by atoms with Crippen LogP contribution in [0.5, 0.6) is 0 Å². The van der Waals surface area contributed by atoms with Gasteiger partial charge in [-0.05, 0) is 38.1 Å². The number of rotatable bonds is 6. The Morgan fingerprint density at radius 3 is 2.24 bits per heavy atom. The molecule has 116 valence electrons. The summed E-state index contributed by atoms with van der Waals surface area (Å²) in [5.74, 6) is 0.163. The Hall–Kier alpha value is -1.49. The zero-order chi connectivity index (χ0) is 14.5. The smallest absolute Gasteiger partial charge is 0.182 e. The van der Waals surface area contributed by atoms with Crippen molar-refractivity contribution in [2.75, 3.05) is 38.3 Å². The Bertz CT molecular complexity index is 483. The highest BCUT2D eigenvalue weighted by molar-refractivity contribution is 8.93. The summed E-state index contributed by atoms with van der Waals surface area (Å²) in [4.78, 5) is 18.6. The Balaban J connectivity index is 0.00000220. The van der Waals surface area contributed by atoms with Crippen LogP contribution in [0.4, 0.5) is 5.69 Å². The highest BCUT2D eigenvalue weighted by atomic mass is 79.9. The molecule has 0 atom stereocenters. The molecule has 0 spiro atoms. The molecule has 2 rings (SSSR count). The zero-order valence-corrected chi connectivity index (χ0v) is 14.7. The van der Waals surface area contributed by atoms with E-state index in [9.17, 15) is 4.79 Å². The van der Waals surface area contributed by atoms with Crippen LogP contribution in [0, 0.1) is 0 Å². The minimum Gasteiger partial charge on any atom is -0.372 e. The molecule has 0 aliphatic carbocycles. The van der Waals surface area contributed by atoms with Crippen LogP contribution in [0.3, 0.4) is 0 Å². The van der Waals surface area contributed by atoms with Crippen molar-refractivity contribution in [1.29, 1.82) is 0 Å². The highest BCUT2D eigenvalue weighted by Crippen LogP contribution is 2.16. The lowest BCUT2D eigenvalue weighted by Gasteiger charge is -2.21. The number of Topliss-reactive ketones (excluding diaryl/α,β-unsaturated/α-hetero) is 1. The number of carbonyl (C=O) groups is 1. The number of benzene rings is 1. The second kappa shape index (κ2) is 8.08. The fourth-order valence-electron chi connectivity index (χ4n) is 2.41. The third kappa shape index (κ3) is 4.49.